The molecule has 0 spiro atoms. The van der Waals surface area contributed by atoms with Crippen LogP contribution in [0.15, 0.2) is 47.4 Å². The highest BCUT2D eigenvalue weighted by Gasteiger charge is 2.31. The molecule has 2 heterocycles. The molecule has 2 fully saturated rings. The number of benzene rings is 2. The Morgan fingerprint density at radius 2 is 1.53 bits per heavy atom. The summed E-state index contributed by atoms with van der Waals surface area (Å²) in [6, 6.07) is 12.4. The second-order valence-electron chi connectivity index (χ2n) is 8.90. The second kappa shape index (κ2) is 10.2. The Morgan fingerprint density at radius 3 is 2.18 bits per heavy atom. The third kappa shape index (κ3) is 4.86. The van der Waals surface area contributed by atoms with E-state index in [1.54, 1.807) is 18.1 Å². The van der Waals surface area contributed by atoms with E-state index in [9.17, 15) is 13.2 Å². The van der Waals surface area contributed by atoms with Gasteiger partial charge in [-0.2, -0.15) is 4.31 Å². The van der Waals surface area contributed by atoms with Crippen molar-refractivity contribution in [3.8, 4) is 11.5 Å². The molecule has 184 valence electrons. The van der Waals surface area contributed by atoms with Crippen LogP contribution in [0.4, 0.5) is 5.69 Å². The largest absolute Gasteiger partial charge is 0.496 e. The Morgan fingerprint density at radius 1 is 0.882 bits per heavy atom. The topological polar surface area (TPSA) is 79.4 Å². The van der Waals surface area contributed by atoms with Gasteiger partial charge in [-0.1, -0.05) is 19.1 Å². The van der Waals surface area contributed by atoms with Gasteiger partial charge in [-0.25, -0.2) is 8.42 Å². The molecule has 2 aliphatic heterocycles. The highest BCUT2D eigenvalue weighted by Crippen LogP contribution is 2.31. The number of nitrogens with zero attached hydrogens (tertiary/aromatic N) is 3. The number of carbonyl (C=O) groups excluding carboxylic acids is 1. The van der Waals surface area contributed by atoms with Gasteiger partial charge in [0, 0.05) is 39.3 Å². The molecule has 0 aromatic heterocycles. The number of anilines is 1. The molecule has 0 atom stereocenters. The third-order valence-corrected chi connectivity index (χ3v) is 8.67. The van der Waals surface area contributed by atoms with E-state index in [0.29, 0.717) is 50.9 Å². The molecule has 9 heteroatoms. The number of hydrogen-bond acceptors (Lipinski definition) is 6. The molecule has 4 rings (SSSR count). The number of hydrogen-bond donors (Lipinski definition) is 0. The van der Waals surface area contributed by atoms with Crippen molar-refractivity contribution in [1.82, 2.24) is 9.21 Å². The first kappa shape index (κ1) is 24.3. The lowest BCUT2D eigenvalue weighted by molar-refractivity contribution is 0.0743. The summed E-state index contributed by atoms with van der Waals surface area (Å²) in [4.78, 5) is 17.5. The molecule has 8 nitrogen and oxygen atoms in total. The van der Waals surface area contributed by atoms with Crippen molar-refractivity contribution < 1.29 is 22.7 Å². The number of para-hydroxylation sites is 2. The van der Waals surface area contributed by atoms with E-state index in [1.807, 2.05) is 24.3 Å². The number of methoxy groups -OCH3 is 2. The van der Waals surface area contributed by atoms with Gasteiger partial charge in [0.25, 0.3) is 5.91 Å². The molecule has 0 unspecified atom stereocenters. The van der Waals surface area contributed by atoms with Crippen LogP contribution < -0.4 is 14.4 Å². The van der Waals surface area contributed by atoms with Gasteiger partial charge in [-0.05, 0) is 49.1 Å². The molecule has 2 aromatic carbocycles. The number of piperidine rings is 1. The summed E-state index contributed by atoms with van der Waals surface area (Å²) in [5.41, 5.74) is 1.28. The monoisotopic (exact) mass is 487 g/mol. The normalized spacial score (nSPS) is 18.1. The van der Waals surface area contributed by atoms with Crippen molar-refractivity contribution in [3.05, 3.63) is 48.0 Å². The maximum Gasteiger partial charge on any atom is 0.257 e. The maximum atomic E-state index is 13.4. The van der Waals surface area contributed by atoms with Crippen LogP contribution in [-0.4, -0.2) is 77.0 Å². The molecule has 0 saturated carbocycles. The molecule has 1 amide bonds. The number of rotatable bonds is 6. The number of amides is 1. The first-order valence-corrected chi connectivity index (χ1v) is 13.1. The maximum absolute atomic E-state index is 13.4. The Balaban J connectivity index is 1.52. The molecule has 2 saturated heterocycles. The van der Waals surface area contributed by atoms with Gasteiger partial charge in [-0.15, -0.1) is 0 Å². The van der Waals surface area contributed by atoms with E-state index < -0.39 is 10.0 Å². The molecule has 0 aliphatic carbocycles. The quantitative estimate of drug-likeness (QED) is 0.623. The summed E-state index contributed by atoms with van der Waals surface area (Å²) in [7, 11) is -0.524. The van der Waals surface area contributed by atoms with Crippen LogP contribution in [0.3, 0.4) is 0 Å². The predicted octanol–water partition coefficient (Wildman–Crippen LogP) is 3.09. The van der Waals surface area contributed by atoms with Crippen LogP contribution in [0.25, 0.3) is 0 Å². The smallest absolute Gasteiger partial charge is 0.257 e. The first-order valence-electron chi connectivity index (χ1n) is 11.7. The molecule has 0 bridgehead atoms. The summed E-state index contributed by atoms with van der Waals surface area (Å²) >= 11 is 0. The summed E-state index contributed by atoms with van der Waals surface area (Å²) in [6.07, 6.45) is 1.69. The van der Waals surface area contributed by atoms with E-state index in [-0.39, 0.29) is 16.4 Å². The fourth-order valence-electron chi connectivity index (χ4n) is 4.60. The Labute approximate surface area is 202 Å². The zero-order chi connectivity index (χ0) is 24.3. The molecule has 0 radical (unpaired) electrons. The summed E-state index contributed by atoms with van der Waals surface area (Å²) in [5, 5.41) is 0. The number of sulfonamides is 1. The van der Waals surface area contributed by atoms with Crippen molar-refractivity contribution >= 4 is 21.6 Å². The zero-order valence-corrected chi connectivity index (χ0v) is 20.9. The zero-order valence-electron chi connectivity index (χ0n) is 20.1. The van der Waals surface area contributed by atoms with Gasteiger partial charge in [-0.3, -0.25) is 4.79 Å². The van der Waals surface area contributed by atoms with Crippen molar-refractivity contribution in [2.75, 3.05) is 58.4 Å². The minimum atomic E-state index is -3.66. The van der Waals surface area contributed by atoms with Crippen LogP contribution in [0.2, 0.25) is 0 Å². The minimum absolute atomic E-state index is 0.138. The van der Waals surface area contributed by atoms with E-state index in [0.717, 1.165) is 24.3 Å². The molecular weight excluding hydrogens is 454 g/mol. The lowest BCUT2D eigenvalue weighted by Crippen LogP contribution is -2.49. The molecular formula is C25H33N3O5S. The second-order valence-corrected chi connectivity index (χ2v) is 10.8. The molecule has 0 N–H and O–H groups in total. The summed E-state index contributed by atoms with van der Waals surface area (Å²) in [5.74, 6) is 1.48. The average Bonchev–Trinajstić information content (AvgIpc) is 2.88. The molecule has 2 aliphatic rings. The number of ether oxygens (including phenoxy) is 2. The van der Waals surface area contributed by atoms with Crippen LogP contribution in [0, 0.1) is 5.92 Å². The van der Waals surface area contributed by atoms with Gasteiger partial charge in [0.15, 0.2) is 0 Å². The SMILES string of the molecule is COc1ccc(S(=O)(=O)N2CCC(C)CC2)cc1C(=O)N1CCN(c2ccccc2OC)CC1. The fraction of sp³-hybridized carbons (Fsp3) is 0.480. The van der Waals surface area contributed by atoms with Gasteiger partial charge in [0.05, 0.1) is 30.4 Å². The van der Waals surface area contributed by atoms with Crippen LogP contribution in [-0.2, 0) is 10.0 Å². The van der Waals surface area contributed by atoms with E-state index in [4.69, 9.17) is 9.47 Å². The van der Waals surface area contributed by atoms with Crippen LogP contribution >= 0.6 is 0 Å². The Hall–Kier alpha value is -2.78. The standard InChI is InChI=1S/C25H33N3O5S/c1-19-10-12-28(13-11-19)34(30,31)20-8-9-23(32-2)21(18-20)25(29)27-16-14-26(15-17-27)22-6-4-5-7-24(22)33-3/h4-9,18-19H,10-17H2,1-3H3. The highest BCUT2D eigenvalue weighted by atomic mass is 32.2. The minimum Gasteiger partial charge on any atom is -0.496 e. The average molecular weight is 488 g/mol. The number of carbonyl (C=O) groups is 1. The van der Waals surface area contributed by atoms with Gasteiger partial charge in [0.2, 0.25) is 10.0 Å². The van der Waals surface area contributed by atoms with Crippen molar-refractivity contribution in [2.24, 2.45) is 5.92 Å². The molecule has 34 heavy (non-hydrogen) atoms. The lowest BCUT2D eigenvalue weighted by Gasteiger charge is -2.36. The van der Waals surface area contributed by atoms with E-state index in [1.165, 1.54) is 23.5 Å². The fourth-order valence-corrected chi connectivity index (χ4v) is 6.10. The van der Waals surface area contributed by atoms with Gasteiger partial charge >= 0.3 is 0 Å². The van der Waals surface area contributed by atoms with Gasteiger partial charge in [0.1, 0.15) is 11.5 Å². The van der Waals surface area contributed by atoms with Crippen molar-refractivity contribution in [2.45, 2.75) is 24.7 Å². The van der Waals surface area contributed by atoms with Crippen LogP contribution in [0.5, 0.6) is 11.5 Å². The Bertz CT molecular complexity index is 1120. The first-order chi connectivity index (χ1) is 16.3. The van der Waals surface area contributed by atoms with Gasteiger partial charge < -0.3 is 19.3 Å². The number of piperazine rings is 1. The summed E-state index contributed by atoms with van der Waals surface area (Å²) < 4.78 is 38.9. The van der Waals surface area contributed by atoms with Crippen molar-refractivity contribution in [1.29, 1.82) is 0 Å². The Kier molecular flexibility index (Phi) is 7.33. The van der Waals surface area contributed by atoms with E-state index in [2.05, 4.69) is 11.8 Å². The van der Waals surface area contributed by atoms with Crippen molar-refractivity contribution in [3.63, 3.8) is 0 Å². The third-order valence-electron chi connectivity index (χ3n) is 6.77. The summed E-state index contributed by atoms with van der Waals surface area (Å²) in [6.45, 7) is 5.48. The lowest BCUT2D eigenvalue weighted by atomic mass is 10.0. The van der Waals surface area contributed by atoms with E-state index >= 15 is 0 Å². The van der Waals surface area contributed by atoms with Crippen LogP contribution in [0.1, 0.15) is 30.1 Å². The predicted molar refractivity (Wildman–Crippen MR) is 131 cm³/mol. The molecule has 2 aromatic rings. The highest BCUT2D eigenvalue weighted by molar-refractivity contribution is 7.89.